The number of amides is 1. The van der Waals surface area contributed by atoms with Gasteiger partial charge in [-0.1, -0.05) is 11.6 Å². The Kier molecular flexibility index (Phi) is 3.89. The van der Waals surface area contributed by atoms with Gasteiger partial charge in [0.15, 0.2) is 0 Å². The average molecular weight is 246 g/mol. The minimum Gasteiger partial charge on any atom is -0.349 e. The number of rotatable bonds is 3. The summed E-state index contributed by atoms with van der Waals surface area (Å²) in [5.41, 5.74) is -1.19. The number of nitrogens with one attached hydrogen (secondary N) is 1. The first-order chi connectivity index (χ1) is 7.41. The molecule has 7 heteroatoms. The lowest BCUT2D eigenvalue weighted by atomic mass is 10.4. The van der Waals surface area contributed by atoms with Crippen molar-refractivity contribution in [3.05, 3.63) is 32.1 Å². The van der Waals surface area contributed by atoms with E-state index in [1.807, 2.05) is 0 Å². The molecule has 1 aromatic heterocycles. The SMILES string of the molecule is CN(C)C(=O)CCn1cc(Cl)c(=O)[nH]c1=O. The van der Waals surface area contributed by atoms with Crippen molar-refractivity contribution in [3.8, 4) is 0 Å². The fraction of sp³-hybridized carbons (Fsp3) is 0.444. The highest BCUT2D eigenvalue weighted by Gasteiger charge is 2.06. The lowest BCUT2D eigenvalue weighted by Crippen LogP contribution is -2.31. The van der Waals surface area contributed by atoms with Gasteiger partial charge in [0.2, 0.25) is 5.91 Å². The predicted octanol–water partition coefficient (Wildman–Crippen LogP) is -0.332. The number of carbonyl (C=O) groups excluding carboxylic acids is 1. The van der Waals surface area contributed by atoms with Gasteiger partial charge in [-0.05, 0) is 0 Å². The first-order valence-corrected chi connectivity index (χ1v) is 4.99. The highest BCUT2D eigenvalue weighted by Crippen LogP contribution is 1.97. The number of nitrogens with zero attached hydrogens (tertiary/aromatic N) is 2. The summed E-state index contributed by atoms with van der Waals surface area (Å²) in [6.07, 6.45) is 1.40. The number of H-pyrrole nitrogens is 1. The van der Waals surface area contributed by atoms with Gasteiger partial charge in [0.05, 0.1) is 0 Å². The van der Waals surface area contributed by atoms with Gasteiger partial charge >= 0.3 is 5.69 Å². The van der Waals surface area contributed by atoms with E-state index in [9.17, 15) is 14.4 Å². The fourth-order valence-electron chi connectivity index (χ4n) is 1.09. The molecule has 0 aliphatic rings. The quantitative estimate of drug-likeness (QED) is 0.792. The van der Waals surface area contributed by atoms with E-state index in [2.05, 4.69) is 4.98 Å². The van der Waals surface area contributed by atoms with E-state index in [0.717, 1.165) is 0 Å². The van der Waals surface area contributed by atoms with Crippen LogP contribution in [0.4, 0.5) is 0 Å². The predicted molar refractivity (Wildman–Crippen MR) is 59.6 cm³/mol. The van der Waals surface area contributed by atoms with Crippen molar-refractivity contribution < 1.29 is 4.79 Å². The highest BCUT2D eigenvalue weighted by atomic mass is 35.5. The van der Waals surface area contributed by atoms with Gasteiger partial charge in [0.1, 0.15) is 5.02 Å². The molecule has 1 amide bonds. The summed E-state index contributed by atoms with van der Waals surface area (Å²) in [5, 5.41) is -0.0723. The Morgan fingerprint density at radius 3 is 2.69 bits per heavy atom. The molecule has 0 unspecified atom stereocenters. The molecular weight excluding hydrogens is 234 g/mol. The number of hydrogen-bond acceptors (Lipinski definition) is 3. The summed E-state index contributed by atoms with van der Waals surface area (Å²) in [7, 11) is 3.26. The second kappa shape index (κ2) is 4.98. The molecule has 6 nitrogen and oxygen atoms in total. The Hall–Kier alpha value is -1.56. The molecule has 0 bridgehead atoms. The summed E-state index contributed by atoms with van der Waals surface area (Å²) < 4.78 is 1.20. The Balaban J connectivity index is 2.83. The number of hydrogen-bond donors (Lipinski definition) is 1. The summed E-state index contributed by atoms with van der Waals surface area (Å²) >= 11 is 5.56. The third kappa shape index (κ3) is 2.96. The molecule has 0 radical (unpaired) electrons. The zero-order chi connectivity index (χ0) is 12.3. The summed E-state index contributed by atoms with van der Waals surface area (Å²) in [5.74, 6) is -0.103. The summed E-state index contributed by atoms with van der Waals surface area (Å²) in [6, 6.07) is 0. The second-order valence-corrected chi connectivity index (χ2v) is 3.88. The van der Waals surface area contributed by atoms with Crippen LogP contribution >= 0.6 is 11.6 Å². The number of carbonyl (C=O) groups is 1. The largest absolute Gasteiger partial charge is 0.349 e. The van der Waals surface area contributed by atoms with Gasteiger partial charge in [-0.2, -0.15) is 0 Å². The molecule has 0 aliphatic carbocycles. The van der Waals surface area contributed by atoms with Crippen LogP contribution in [0.2, 0.25) is 5.02 Å². The normalized spacial score (nSPS) is 10.2. The van der Waals surface area contributed by atoms with Crippen molar-refractivity contribution in [1.82, 2.24) is 14.5 Å². The molecular formula is C9H12ClN3O3. The van der Waals surface area contributed by atoms with Crippen LogP contribution in [-0.2, 0) is 11.3 Å². The standard InChI is InChI=1S/C9H12ClN3O3/c1-12(2)7(14)3-4-13-5-6(10)8(15)11-9(13)16/h5H,3-4H2,1-2H3,(H,11,15,16). The molecule has 1 heterocycles. The molecule has 0 aromatic carbocycles. The van der Waals surface area contributed by atoms with Gasteiger partial charge < -0.3 is 4.90 Å². The van der Waals surface area contributed by atoms with Crippen molar-refractivity contribution >= 4 is 17.5 Å². The Morgan fingerprint density at radius 1 is 1.50 bits per heavy atom. The smallest absolute Gasteiger partial charge is 0.328 e. The Morgan fingerprint density at radius 2 is 2.12 bits per heavy atom. The molecule has 0 saturated heterocycles. The van der Waals surface area contributed by atoms with Gasteiger partial charge in [-0.25, -0.2) is 4.79 Å². The fourth-order valence-corrected chi connectivity index (χ4v) is 1.25. The summed E-state index contributed by atoms with van der Waals surface area (Å²) in [6.45, 7) is 0.187. The molecule has 0 fully saturated rings. The van der Waals surface area contributed by atoms with Crippen LogP contribution in [0.15, 0.2) is 15.8 Å². The zero-order valence-corrected chi connectivity index (χ0v) is 9.74. The van der Waals surface area contributed by atoms with Crippen LogP contribution in [-0.4, -0.2) is 34.5 Å². The van der Waals surface area contributed by atoms with E-state index in [-0.39, 0.29) is 23.9 Å². The Labute approximate surface area is 96.5 Å². The van der Waals surface area contributed by atoms with E-state index < -0.39 is 11.2 Å². The van der Waals surface area contributed by atoms with Crippen molar-refractivity contribution in [2.45, 2.75) is 13.0 Å². The van der Waals surface area contributed by atoms with Gasteiger partial charge in [-0.3, -0.25) is 19.1 Å². The van der Waals surface area contributed by atoms with E-state index in [1.54, 1.807) is 14.1 Å². The van der Waals surface area contributed by atoms with Crippen LogP contribution in [0, 0.1) is 0 Å². The van der Waals surface area contributed by atoms with Crippen LogP contribution in [0.25, 0.3) is 0 Å². The number of aromatic nitrogens is 2. The van der Waals surface area contributed by atoms with Crippen molar-refractivity contribution in [3.63, 3.8) is 0 Å². The number of aryl methyl sites for hydroxylation is 1. The van der Waals surface area contributed by atoms with E-state index in [1.165, 1.54) is 15.7 Å². The lowest BCUT2D eigenvalue weighted by Gasteiger charge is -2.10. The molecule has 0 spiro atoms. The zero-order valence-electron chi connectivity index (χ0n) is 8.99. The molecule has 1 aromatic rings. The maximum absolute atomic E-state index is 11.3. The van der Waals surface area contributed by atoms with E-state index >= 15 is 0 Å². The van der Waals surface area contributed by atoms with Gasteiger partial charge in [0, 0.05) is 33.3 Å². The Bertz CT molecular complexity index is 503. The molecule has 1 N–H and O–H groups in total. The van der Waals surface area contributed by atoms with Crippen molar-refractivity contribution in [2.24, 2.45) is 0 Å². The van der Waals surface area contributed by atoms with E-state index in [0.29, 0.717) is 0 Å². The van der Waals surface area contributed by atoms with Crippen LogP contribution in [0.1, 0.15) is 6.42 Å². The average Bonchev–Trinajstić information content (AvgIpc) is 2.20. The van der Waals surface area contributed by atoms with Crippen molar-refractivity contribution in [1.29, 1.82) is 0 Å². The number of aromatic amines is 1. The topological polar surface area (TPSA) is 75.2 Å². The second-order valence-electron chi connectivity index (χ2n) is 3.47. The molecule has 1 rings (SSSR count). The van der Waals surface area contributed by atoms with Crippen LogP contribution < -0.4 is 11.2 Å². The maximum atomic E-state index is 11.3. The molecule has 0 atom stereocenters. The third-order valence-electron chi connectivity index (χ3n) is 2.03. The summed E-state index contributed by atoms with van der Waals surface area (Å²) in [4.78, 5) is 37.0. The lowest BCUT2D eigenvalue weighted by molar-refractivity contribution is -0.128. The minimum atomic E-state index is -0.623. The molecule has 16 heavy (non-hydrogen) atoms. The van der Waals surface area contributed by atoms with Gasteiger partial charge in [-0.15, -0.1) is 0 Å². The third-order valence-corrected chi connectivity index (χ3v) is 2.30. The maximum Gasteiger partial charge on any atom is 0.328 e. The first-order valence-electron chi connectivity index (χ1n) is 4.61. The molecule has 0 saturated carbocycles. The van der Waals surface area contributed by atoms with E-state index in [4.69, 9.17) is 11.6 Å². The van der Waals surface area contributed by atoms with Gasteiger partial charge in [0.25, 0.3) is 5.56 Å². The first kappa shape index (κ1) is 12.5. The van der Waals surface area contributed by atoms with Crippen LogP contribution in [0.5, 0.6) is 0 Å². The monoisotopic (exact) mass is 245 g/mol. The number of halogens is 1. The minimum absolute atomic E-state index is 0.0723. The van der Waals surface area contributed by atoms with Crippen LogP contribution in [0.3, 0.4) is 0 Å². The molecule has 88 valence electrons. The van der Waals surface area contributed by atoms with Crippen molar-refractivity contribution in [2.75, 3.05) is 14.1 Å². The highest BCUT2D eigenvalue weighted by molar-refractivity contribution is 6.30. The molecule has 0 aliphatic heterocycles.